The quantitative estimate of drug-likeness (QED) is 0.857. The predicted molar refractivity (Wildman–Crippen MR) is 95.5 cm³/mol. The highest BCUT2D eigenvalue weighted by molar-refractivity contribution is 5.93. The van der Waals surface area contributed by atoms with Crippen molar-refractivity contribution < 1.29 is 9.53 Å². The SMILES string of the molecule is C[C@@H](CN1CCOCC1)N1CCN(c2ccc(C(N)=O)cc2)CC1. The summed E-state index contributed by atoms with van der Waals surface area (Å²) in [6.07, 6.45) is 0. The van der Waals surface area contributed by atoms with Crippen LogP contribution in [0.2, 0.25) is 0 Å². The van der Waals surface area contributed by atoms with E-state index in [1.54, 1.807) is 0 Å². The van der Waals surface area contributed by atoms with Crippen LogP contribution in [0.1, 0.15) is 17.3 Å². The molecule has 2 N–H and O–H groups in total. The van der Waals surface area contributed by atoms with Crippen molar-refractivity contribution in [2.45, 2.75) is 13.0 Å². The van der Waals surface area contributed by atoms with Crippen LogP contribution < -0.4 is 10.6 Å². The topological polar surface area (TPSA) is 62.0 Å². The van der Waals surface area contributed by atoms with Crippen LogP contribution in [-0.2, 0) is 4.74 Å². The van der Waals surface area contributed by atoms with Gasteiger partial charge in [-0.3, -0.25) is 14.6 Å². The maximum atomic E-state index is 11.2. The summed E-state index contributed by atoms with van der Waals surface area (Å²) in [6.45, 7) is 11.5. The van der Waals surface area contributed by atoms with Crippen molar-refractivity contribution in [3.05, 3.63) is 29.8 Å². The maximum Gasteiger partial charge on any atom is 0.248 e. The van der Waals surface area contributed by atoms with Crippen molar-refractivity contribution >= 4 is 11.6 Å². The number of primary amides is 1. The van der Waals surface area contributed by atoms with Gasteiger partial charge in [0.05, 0.1) is 13.2 Å². The number of nitrogens with zero attached hydrogens (tertiary/aromatic N) is 3. The van der Waals surface area contributed by atoms with Crippen LogP contribution in [0.3, 0.4) is 0 Å². The van der Waals surface area contributed by atoms with Gasteiger partial charge in [0.2, 0.25) is 5.91 Å². The van der Waals surface area contributed by atoms with Crippen LogP contribution in [0.25, 0.3) is 0 Å². The molecule has 1 aromatic rings. The molecule has 6 nitrogen and oxygen atoms in total. The van der Waals surface area contributed by atoms with Crippen molar-refractivity contribution in [3.63, 3.8) is 0 Å². The summed E-state index contributed by atoms with van der Waals surface area (Å²) >= 11 is 0. The number of anilines is 1. The molecule has 3 rings (SSSR count). The molecule has 0 aromatic heterocycles. The summed E-state index contributed by atoms with van der Waals surface area (Å²) in [4.78, 5) is 18.6. The normalized spacial score (nSPS) is 21.6. The molecule has 132 valence electrons. The van der Waals surface area contributed by atoms with Crippen molar-refractivity contribution in [1.82, 2.24) is 9.80 Å². The zero-order chi connectivity index (χ0) is 16.9. The molecule has 1 atom stereocenters. The first kappa shape index (κ1) is 17.2. The third-order valence-electron chi connectivity index (χ3n) is 5.08. The minimum Gasteiger partial charge on any atom is -0.379 e. The molecule has 0 aliphatic carbocycles. The average Bonchev–Trinajstić information content (AvgIpc) is 2.63. The van der Waals surface area contributed by atoms with Crippen molar-refractivity contribution in [2.75, 3.05) is 63.9 Å². The number of piperazine rings is 1. The second-order valence-electron chi connectivity index (χ2n) is 6.70. The monoisotopic (exact) mass is 332 g/mol. The Morgan fingerprint density at radius 3 is 2.29 bits per heavy atom. The second-order valence-corrected chi connectivity index (χ2v) is 6.70. The smallest absolute Gasteiger partial charge is 0.248 e. The number of rotatable bonds is 5. The Morgan fingerprint density at radius 2 is 1.71 bits per heavy atom. The Bertz CT molecular complexity index is 534. The number of ether oxygens (including phenoxy) is 1. The van der Waals surface area contributed by atoms with Crippen molar-refractivity contribution in [2.24, 2.45) is 5.73 Å². The van der Waals surface area contributed by atoms with Crippen LogP contribution in [0.4, 0.5) is 5.69 Å². The van der Waals surface area contributed by atoms with Crippen molar-refractivity contribution in [1.29, 1.82) is 0 Å². The zero-order valence-corrected chi connectivity index (χ0v) is 14.5. The lowest BCUT2D eigenvalue weighted by Gasteiger charge is -2.41. The summed E-state index contributed by atoms with van der Waals surface area (Å²) in [5.41, 5.74) is 7.03. The van der Waals surface area contributed by atoms with Gasteiger partial charge in [0, 0.05) is 63.1 Å². The highest BCUT2D eigenvalue weighted by Crippen LogP contribution is 2.18. The van der Waals surface area contributed by atoms with E-state index in [-0.39, 0.29) is 5.91 Å². The fraction of sp³-hybridized carbons (Fsp3) is 0.611. The first-order chi connectivity index (χ1) is 11.6. The third kappa shape index (κ3) is 4.26. The van der Waals surface area contributed by atoms with E-state index >= 15 is 0 Å². The van der Waals surface area contributed by atoms with Gasteiger partial charge < -0.3 is 15.4 Å². The summed E-state index contributed by atoms with van der Waals surface area (Å²) < 4.78 is 5.42. The number of benzene rings is 1. The first-order valence-electron chi connectivity index (χ1n) is 8.82. The van der Waals surface area contributed by atoms with Gasteiger partial charge in [0.1, 0.15) is 0 Å². The largest absolute Gasteiger partial charge is 0.379 e. The fourth-order valence-electron chi connectivity index (χ4n) is 3.53. The summed E-state index contributed by atoms with van der Waals surface area (Å²) in [5, 5.41) is 0. The summed E-state index contributed by atoms with van der Waals surface area (Å²) in [5.74, 6) is -0.372. The van der Waals surface area contributed by atoms with E-state index in [2.05, 4.69) is 21.6 Å². The van der Waals surface area contributed by atoms with E-state index in [9.17, 15) is 4.79 Å². The molecular weight excluding hydrogens is 304 g/mol. The van der Waals surface area contributed by atoms with E-state index < -0.39 is 0 Å². The fourth-order valence-corrected chi connectivity index (χ4v) is 3.53. The van der Waals surface area contributed by atoms with Crippen LogP contribution >= 0.6 is 0 Å². The molecule has 0 unspecified atom stereocenters. The first-order valence-corrected chi connectivity index (χ1v) is 8.82. The van der Waals surface area contributed by atoms with E-state index in [4.69, 9.17) is 10.5 Å². The number of nitrogens with two attached hydrogens (primary N) is 1. The van der Waals surface area contributed by atoms with E-state index in [0.717, 1.165) is 59.0 Å². The third-order valence-corrected chi connectivity index (χ3v) is 5.08. The summed E-state index contributed by atoms with van der Waals surface area (Å²) in [6, 6.07) is 8.18. The van der Waals surface area contributed by atoms with Crippen molar-refractivity contribution in [3.8, 4) is 0 Å². The minimum absolute atomic E-state index is 0.372. The summed E-state index contributed by atoms with van der Waals surface area (Å²) in [7, 11) is 0. The second kappa shape index (κ2) is 7.96. The molecule has 0 spiro atoms. The number of hydrogen-bond donors (Lipinski definition) is 1. The number of carbonyl (C=O) groups excluding carboxylic acids is 1. The van der Waals surface area contributed by atoms with E-state index in [1.165, 1.54) is 5.69 Å². The van der Waals surface area contributed by atoms with Crippen LogP contribution in [-0.4, -0.2) is 80.8 Å². The molecule has 2 saturated heterocycles. The molecule has 0 radical (unpaired) electrons. The molecule has 0 saturated carbocycles. The number of morpholine rings is 1. The Kier molecular flexibility index (Phi) is 5.71. The number of hydrogen-bond acceptors (Lipinski definition) is 5. The van der Waals surface area contributed by atoms with Gasteiger partial charge in [-0.25, -0.2) is 0 Å². The van der Waals surface area contributed by atoms with E-state index in [1.807, 2.05) is 24.3 Å². The molecule has 2 aliphatic rings. The van der Waals surface area contributed by atoms with Crippen LogP contribution in [0.5, 0.6) is 0 Å². The lowest BCUT2D eigenvalue weighted by Crippen LogP contribution is -2.53. The highest BCUT2D eigenvalue weighted by atomic mass is 16.5. The molecular formula is C18H28N4O2. The van der Waals surface area contributed by atoms with Gasteiger partial charge in [0.15, 0.2) is 0 Å². The lowest BCUT2D eigenvalue weighted by atomic mass is 10.1. The Labute approximate surface area is 144 Å². The molecule has 6 heteroatoms. The molecule has 1 amide bonds. The number of amides is 1. The molecule has 24 heavy (non-hydrogen) atoms. The van der Waals surface area contributed by atoms with Gasteiger partial charge in [0.25, 0.3) is 0 Å². The van der Waals surface area contributed by atoms with Gasteiger partial charge in [-0.2, -0.15) is 0 Å². The Hall–Kier alpha value is -1.63. The van der Waals surface area contributed by atoms with Gasteiger partial charge in [-0.1, -0.05) is 0 Å². The van der Waals surface area contributed by atoms with Crippen LogP contribution in [0, 0.1) is 0 Å². The Morgan fingerprint density at radius 1 is 1.08 bits per heavy atom. The Balaban J connectivity index is 1.48. The number of carbonyl (C=O) groups is 1. The highest BCUT2D eigenvalue weighted by Gasteiger charge is 2.23. The van der Waals surface area contributed by atoms with Gasteiger partial charge in [-0.05, 0) is 31.2 Å². The van der Waals surface area contributed by atoms with Gasteiger partial charge in [-0.15, -0.1) is 0 Å². The van der Waals surface area contributed by atoms with E-state index in [0.29, 0.717) is 11.6 Å². The average molecular weight is 332 g/mol. The van der Waals surface area contributed by atoms with Crippen LogP contribution in [0.15, 0.2) is 24.3 Å². The standard InChI is InChI=1S/C18H28N4O2/c1-15(14-20-10-12-24-13-11-20)21-6-8-22(9-7-21)17-4-2-16(3-5-17)18(19)23/h2-5,15H,6-14H2,1H3,(H2,19,23)/t15-/m0/s1. The maximum absolute atomic E-state index is 11.2. The van der Waals surface area contributed by atoms with Gasteiger partial charge >= 0.3 is 0 Å². The zero-order valence-electron chi connectivity index (χ0n) is 14.5. The lowest BCUT2D eigenvalue weighted by molar-refractivity contribution is 0.0239. The molecule has 2 aliphatic heterocycles. The molecule has 2 heterocycles. The molecule has 2 fully saturated rings. The predicted octanol–water partition coefficient (Wildman–Crippen LogP) is 0.628. The molecule has 0 bridgehead atoms. The minimum atomic E-state index is -0.372. The molecule has 1 aromatic carbocycles.